The van der Waals surface area contributed by atoms with Crippen molar-refractivity contribution in [1.29, 1.82) is 0 Å². The van der Waals surface area contributed by atoms with E-state index in [1.807, 2.05) is 19.9 Å². The lowest BCUT2D eigenvalue weighted by Gasteiger charge is -2.26. The van der Waals surface area contributed by atoms with Crippen LogP contribution >= 0.6 is 0 Å². The van der Waals surface area contributed by atoms with Crippen molar-refractivity contribution in [3.63, 3.8) is 0 Å². The number of hydrogen-bond donors (Lipinski definition) is 2. The molecule has 1 aromatic carbocycles. The van der Waals surface area contributed by atoms with E-state index >= 15 is 0 Å². The SMILES string of the molecule is Cc1cc([C@H](C)N(C)C(=O)c2cc3nc(N)c4c(c3[nH]2)COC4)c(F)cc1C1CC1. The van der Waals surface area contributed by atoms with Crippen LogP contribution in [0.3, 0.4) is 0 Å². The van der Waals surface area contributed by atoms with E-state index in [-0.39, 0.29) is 11.7 Å². The summed E-state index contributed by atoms with van der Waals surface area (Å²) in [5.41, 5.74) is 12.4. The molecule has 0 radical (unpaired) electrons. The fourth-order valence-electron chi connectivity index (χ4n) is 4.40. The average molecular weight is 408 g/mol. The minimum Gasteiger partial charge on any atom is -0.383 e. The molecule has 5 rings (SSSR count). The van der Waals surface area contributed by atoms with Gasteiger partial charge in [0.2, 0.25) is 0 Å². The topological polar surface area (TPSA) is 84.2 Å². The number of aromatic nitrogens is 2. The van der Waals surface area contributed by atoms with E-state index in [2.05, 4.69) is 9.97 Å². The van der Waals surface area contributed by atoms with Crippen LogP contribution in [-0.2, 0) is 18.0 Å². The number of benzene rings is 1. The van der Waals surface area contributed by atoms with Crippen molar-refractivity contribution >= 4 is 22.8 Å². The molecule has 3 N–H and O–H groups in total. The number of rotatable bonds is 4. The number of anilines is 1. The summed E-state index contributed by atoms with van der Waals surface area (Å²) in [6.07, 6.45) is 2.25. The van der Waals surface area contributed by atoms with Crippen LogP contribution in [0.2, 0.25) is 0 Å². The molecular weight excluding hydrogens is 383 g/mol. The Morgan fingerprint density at radius 3 is 2.77 bits per heavy atom. The van der Waals surface area contributed by atoms with Gasteiger partial charge >= 0.3 is 0 Å². The van der Waals surface area contributed by atoms with Gasteiger partial charge in [-0.3, -0.25) is 4.79 Å². The number of nitrogens with zero attached hydrogens (tertiary/aromatic N) is 2. The Balaban J connectivity index is 1.46. The number of ether oxygens (including phenoxy) is 1. The zero-order valence-electron chi connectivity index (χ0n) is 17.4. The van der Waals surface area contributed by atoms with Crippen LogP contribution in [0.25, 0.3) is 11.0 Å². The van der Waals surface area contributed by atoms with Crippen LogP contribution < -0.4 is 5.73 Å². The zero-order valence-corrected chi connectivity index (χ0v) is 17.4. The first-order valence-electron chi connectivity index (χ1n) is 10.3. The molecule has 1 aliphatic heterocycles. The number of nitrogen functional groups attached to an aromatic ring is 1. The zero-order chi connectivity index (χ0) is 21.2. The second kappa shape index (κ2) is 6.80. The number of carbonyl (C=O) groups is 1. The van der Waals surface area contributed by atoms with Crippen molar-refractivity contribution < 1.29 is 13.9 Å². The van der Waals surface area contributed by atoms with E-state index in [4.69, 9.17) is 10.5 Å². The first-order chi connectivity index (χ1) is 14.3. The van der Waals surface area contributed by atoms with Crippen molar-refractivity contribution in [2.45, 2.75) is 51.9 Å². The van der Waals surface area contributed by atoms with Crippen LogP contribution in [0.1, 0.15) is 70.0 Å². The van der Waals surface area contributed by atoms with Gasteiger partial charge in [0.25, 0.3) is 5.91 Å². The molecule has 1 fully saturated rings. The molecule has 6 nitrogen and oxygen atoms in total. The minimum atomic E-state index is -0.414. The predicted octanol–water partition coefficient (Wildman–Crippen LogP) is 4.33. The van der Waals surface area contributed by atoms with Gasteiger partial charge in [0.1, 0.15) is 17.3 Å². The lowest BCUT2D eigenvalue weighted by atomic mass is 9.97. The van der Waals surface area contributed by atoms with Gasteiger partial charge in [-0.15, -0.1) is 0 Å². The second-order valence-corrected chi connectivity index (χ2v) is 8.49. The van der Waals surface area contributed by atoms with E-state index in [0.717, 1.165) is 40.6 Å². The number of aromatic amines is 1. The van der Waals surface area contributed by atoms with Crippen molar-refractivity contribution in [3.05, 3.63) is 57.5 Å². The summed E-state index contributed by atoms with van der Waals surface area (Å²) in [7, 11) is 1.69. The third kappa shape index (κ3) is 2.96. The number of nitrogens with one attached hydrogen (secondary N) is 1. The third-order valence-electron chi connectivity index (χ3n) is 6.49. The molecule has 7 heteroatoms. The third-order valence-corrected chi connectivity index (χ3v) is 6.49. The smallest absolute Gasteiger partial charge is 0.270 e. The van der Waals surface area contributed by atoms with Crippen molar-refractivity contribution in [2.24, 2.45) is 0 Å². The van der Waals surface area contributed by atoms with Gasteiger partial charge in [0.15, 0.2) is 0 Å². The largest absolute Gasteiger partial charge is 0.383 e. The Bertz CT molecular complexity index is 1180. The van der Waals surface area contributed by atoms with Crippen molar-refractivity contribution in [2.75, 3.05) is 12.8 Å². The highest BCUT2D eigenvalue weighted by molar-refractivity contribution is 5.98. The van der Waals surface area contributed by atoms with Gasteiger partial charge in [0, 0.05) is 23.7 Å². The van der Waals surface area contributed by atoms with E-state index in [9.17, 15) is 9.18 Å². The highest BCUT2D eigenvalue weighted by Gasteiger charge is 2.29. The molecule has 1 aliphatic carbocycles. The molecule has 30 heavy (non-hydrogen) atoms. The number of H-pyrrole nitrogens is 1. The lowest BCUT2D eigenvalue weighted by molar-refractivity contribution is 0.0735. The van der Waals surface area contributed by atoms with Crippen LogP contribution in [0.4, 0.5) is 10.2 Å². The second-order valence-electron chi connectivity index (χ2n) is 8.49. The Labute approximate surface area is 174 Å². The molecule has 156 valence electrons. The number of nitrogens with two attached hydrogens (primary N) is 1. The molecule has 0 saturated heterocycles. The van der Waals surface area contributed by atoms with Gasteiger partial charge < -0.3 is 20.4 Å². The van der Waals surface area contributed by atoms with Crippen LogP contribution in [0.5, 0.6) is 0 Å². The average Bonchev–Trinajstić information content (AvgIpc) is 3.27. The van der Waals surface area contributed by atoms with Crippen LogP contribution in [-0.4, -0.2) is 27.8 Å². The molecule has 0 bridgehead atoms. The Morgan fingerprint density at radius 1 is 1.30 bits per heavy atom. The lowest BCUT2D eigenvalue weighted by Crippen LogP contribution is -2.30. The number of hydrogen-bond acceptors (Lipinski definition) is 4. The highest BCUT2D eigenvalue weighted by Crippen LogP contribution is 2.43. The summed E-state index contributed by atoms with van der Waals surface area (Å²) in [6, 6.07) is 4.82. The van der Waals surface area contributed by atoms with Gasteiger partial charge in [-0.25, -0.2) is 9.37 Å². The number of aryl methyl sites for hydroxylation is 1. The van der Waals surface area contributed by atoms with Gasteiger partial charge in [-0.1, -0.05) is 6.07 Å². The maximum Gasteiger partial charge on any atom is 0.270 e. The summed E-state index contributed by atoms with van der Waals surface area (Å²) in [5.74, 6) is 0.439. The Morgan fingerprint density at radius 2 is 2.03 bits per heavy atom. The molecule has 2 aliphatic rings. The summed E-state index contributed by atoms with van der Waals surface area (Å²) in [4.78, 5) is 22.3. The number of amides is 1. The Hall–Kier alpha value is -2.93. The number of fused-ring (bicyclic) bond motifs is 3. The van der Waals surface area contributed by atoms with E-state index in [1.165, 1.54) is 0 Å². The summed E-state index contributed by atoms with van der Waals surface area (Å²) in [5, 5.41) is 0. The standard InChI is InChI=1S/C23H25FN4O2/c1-11-6-15(18(24)7-14(11)13-4-5-13)12(2)28(3)23(29)20-8-19-21(26-20)16-9-30-10-17(16)22(25)27-19/h6-8,12-13,26H,4-5,9-10H2,1-3H3,(H2,25,27)/t12-/m0/s1. The minimum absolute atomic E-state index is 0.227. The van der Waals surface area contributed by atoms with Gasteiger partial charge in [-0.05, 0) is 55.9 Å². The molecule has 1 saturated carbocycles. The van der Waals surface area contributed by atoms with Crippen molar-refractivity contribution in [3.8, 4) is 0 Å². The maximum absolute atomic E-state index is 14.9. The first-order valence-corrected chi connectivity index (χ1v) is 10.3. The fraction of sp³-hybridized carbons (Fsp3) is 0.391. The van der Waals surface area contributed by atoms with Crippen molar-refractivity contribution in [1.82, 2.24) is 14.9 Å². The Kier molecular flexibility index (Phi) is 4.32. The van der Waals surface area contributed by atoms with Gasteiger partial charge in [0.05, 0.1) is 30.3 Å². The van der Waals surface area contributed by atoms with E-state index in [0.29, 0.717) is 41.7 Å². The molecule has 1 amide bonds. The molecule has 3 heterocycles. The molecule has 0 unspecified atom stereocenters. The monoisotopic (exact) mass is 408 g/mol. The summed E-state index contributed by atoms with van der Waals surface area (Å²) >= 11 is 0. The van der Waals surface area contributed by atoms with Gasteiger partial charge in [-0.2, -0.15) is 0 Å². The van der Waals surface area contributed by atoms with E-state index < -0.39 is 6.04 Å². The number of halogens is 1. The highest BCUT2D eigenvalue weighted by atomic mass is 19.1. The first kappa shape index (κ1) is 19.1. The number of carbonyl (C=O) groups excluding carboxylic acids is 1. The summed E-state index contributed by atoms with van der Waals surface area (Å²) < 4.78 is 20.4. The molecular formula is C23H25FN4O2. The summed E-state index contributed by atoms with van der Waals surface area (Å²) in [6.45, 7) is 4.73. The van der Waals surface area contributed by atoms with Crippen LogP contribution in [0, 0.1) is 12.7 Å². The molecule has 3 aromatic rings. The predicted molar refractivity (Wildman–Crippen MR) is 113 cm³/mol. The number of pyridine rings is 1. The molecule has 1 atom stereocenters. The van der Waals surface area contributed by atoms with Crippen LogP contribution in [0.15, 0.2) is 18.2 Å². The fourth-order valence-corrected chi connectivity index (χ4v) is 4.40. The normalized spacial score (nSPS) is 16.7. The van der Waals surface area contributed by atoms with E-state index in [1.54, 1.807) is 24.1 Å². The molecule has 2 aromatic heterocycles. The molecule has 0 spiro atoms. The quantitative estimate of drug-likeness (QED) is 0.673. The maximum atomic E-state index is 14.9.